The molecule has 0 aromatic heterocycles. The van der Waals surface area contributed by atoms with Gasteiger partial charge in [-0.1, -0.05) is 155 Å². The molecule has 0 aromatic carbocycles. The first kappa shape index (κ1) is 31.3. The van der Waals surface area contributed by atoms with E-state index in [0.717, 1.165) is 25.7 Å². The van der Waals surface area contributed by atoms with Crippen LogP contribution in [0.3, 0.4) is 0 Å². The summed E-state index contributed by atoms with van der Waals surface area (Å²) in [6, 6.07) is 0. The van der Waals surface area contributed by atoms with E-state index in [1.165, 1.54) is 128 Å². The van der Waals surface area contributed by atoms with E-state index in [9.17, 15) is 4.79 Å². The Balaban J connectivity index is 3.12. The number of hydrogen-bond donors (Lipinski definition) is 0. The largest absolute Gasteiger partial charge is 0.508 e. The van der Waals surface area contributed by atoms with Gasteiger partial charge in [-0.15, -0.1) is 0 Å². The Bertz CT molecular complexity index is 356. The molecule has 0 spiro atoms. The lowest BCUT2D eigenvalue weighted by Gasteiger charge is -2.06. The van der Waals surface area contributed by atoms with Crippen LogP contribution in [0.5, 0.6) is 0 Å². The number of hydrogen-bond acceptors (Lipinski definition) is 3. The van der Waals surface area contributed by atoms with Gasteiger partial charge >= 0.3 is 6.16 Å². The van der Waals surface area contributed by atoms with Gasteiger partial charge < -0.3 is 9.47 Å². The number of carbonyl (C=O) groups excluding carboxylic acids is 1. The normalized spacial score (nSPS) is 11.1. The third kappa shape index (κ3) is 27.3. The molecule has 0 atom stereocenters. The highest BCUT2D eigenvalue weighted by Crippen LogP contribution is 2.14. The molecule has 0 heterocycles. The van der Waals surface area contributed by atoms with Crippen LogP contribution in [0.15, 0.2) is 0 Å². The number of rotatable bonds is 26. The Kier molecular flexibility index (Phi) is 27.7. The molecule has 0 N–H and O–H groups in total. The summed E-state index contributed by atoms with van der Waals surface area (Å²) in [5, 5.41) is 0. The van der Waals surface area contributed by atoms with Crippen molar-refractivity contribution in [3.05, 3.63) is 0 Å². The molecule has 0 saturated carbocycles. The summed E-state index contributed by atoms with van der Waals surface area (Å²) in [4.78, 5) is 11.6. The van der Waals surface area contributed by atoms with Crippen molar-refractivity contribution < 1.29 is 14.3 Å². The second kappa shape index (κ2) is 28.3. The lowest BCUT2D eigenvalue weighted by atomic mass is 10.0. The molecule has 0 saturated heterocycles. The van der Waals surface area contributed by atoms with Crippen molar-refractivity contribution in [2.45, 2.75) is 168 Å². The molecule has 0 aliphatic carbocycles. The molecule has 192 valence electrons. The van der Waals surface area contributed by atoms with Gasteiger partial charge in [0, 0.05) is 0 Å². The minimum Gasteiger partial charge on any atom is -0.434 e. The predicted octanol–water partition coefficient (Wildman–Crippen LogP) is 10.5. The molecule has 0 aliphatic rings. The van der Waals surface area contributed by atoms with E-state index in [1.807, 2.05) is 0 Å². The van der Waals surface area contributed by atoms with Crippen LogP contribution in [0.4, 0.5) is 4.79 Å². The molecule has 0 unspecified atom stereocenters. The van der Waals surface area contributed by atoms with Crippen LogP contribution in [0.1, 0.15) is 168 Å². The summed E-state index contributed by atoms with van der Waals surface area (Å²) in [5.41, 5.74) is 0. The smallest absolute Gasteiger partial charge is 0.434 e. The molecular weight excluding hydrogens is 396 g/mol. The molecule has 0 radical (unpaired) electrons. The molecule has 0 rings (SSSR count). The fraction of sp³-hybridized carbons (Fsp3) is 0.966. The molecule has 0 fully saturated rings. The van der Waals surface area contributed by atoms with Crippen LogP contribution in [0, 0.1) is 0 Å². The van der Waals surface area contributed by atoms with Gasteiger partial charge in [0.05, 0.1) is 13.2 Å². The van der Waals surface area contributed by atoms with Crippen LogP contribution in [0.25, 0.3) is 0 Å². The summed E-state index contributed by atoms with van der Waals surface area (Å²) in [6.45, 7) is 5.55. The predicted molar refractivity (Wildman–Crippen MR) is 139 cm³/mol. The van der Waals surface area contributed by atoms with Crippen LogP contribution in [0.2, 0.25) is 0 Å². The first-order chi connectivity index (χ1) is 15.8. The van der Waals surface area contributed by atoms with E-state index < -0.39 is 6.16 Å². The van der Waals surface area contributed by atoms with E-state index in [2.05, 4.69) is 13.8 Å². The molecule has 32 heavy (non-hydrogen) atoms. The maximum atomic E-state index is 11.6. The first-order valence-electron chi connectivity index (χ1n) is 14.6. The Morgan fingerprint density at radius 3 is 0.844 bits per heavy atom. The monoisotopic (exact) mass is 454 g/mol. The van der Waals surface area contributed by atoms with E-state index in [-0.39, 0.29) is 0 Å². The second-order valence-electron chi connectivity index (χ2n) is 9.73. The number of carbonyl (C=O) groups is 1. The van der Waals surface area contributed by atoms with Gasteiger partial charge in [-0.2, -0.15) is 0 Å². The minimum atomic E-state index is -0.478. The van der Waals surface area contributed by atoms with Gasteiger partial charge in [-0.05, 0) is 12.8 Å². The molecule has 3 heteroatoms. The SMILES string of the molecule is CCCCCCCCCCCCCCCCCCOC(=O)OCCCCCCCCCC. The van der Waals surface area contributed by atoms with Gasteiger partial charge in [0.15, 0.2) is 0 Å². The summed E-state index contributed by atoms with van der Waals surface area (Å²) in [6.07, 6.45) is 31.2. The number of ether oxygens (including phenoxy) is 2. The van der Waals surface area contributed by atoms with Crippen molar-refractivity contribution in [3.63, 3.8) is 0 Å². The molecular formula is C29H58O3. The highest BCUT2D eigenvalue weighted by molar-refractivity contribution is 5.59. The standard InChI is InChI=1S/C29H58O3/c1-3-5-7-9-11-13-14-15-16-17-18-19-20-22-24-26-28-32-29(30)31-27-25-23-21-12-10-8-6-4-2/h3-28H2,1-2H3. The van der Waals surface area contributed by atoms with Crippen LogP contribution in [-0.2, 0) is 9.47 Å². The summed E-state index contributed by atoms with van der Waals surface area (Å²) < 4.78 is 10.3. The summed E-state index contributed by atoms with van der Waals surface area (Å²) in [7, 11) is 0. The lowest BCUT2D eigenvalue weighted by molar-refractivity contribution is 0.0529. The van der Waals surface area contributed by atoms with E-state index in [4.69, 9.17) is 9.47 Å². The Labute approximate surface area is 201 Å². The highest BCUT2D eigenvalue weighted by Gasteiger charge is 2.03. The van der Waals surface area contributed by atoms with E-state index in [1.54, 1.807) is 0 Å². The second-order valence-corrected chi connectivity index (χ2v) is 9.73. The average Bonchev–Trinajstić information content (AvgIpc) is 2.80. The van der Waals surface area contributed by atoms with Crippen molar-refractivity contribution in [2.75, 3.05) is 13.2 Å². The average molecular weight is 455 g/mol. The van der Waals surface area contributed by atoms with Crippen molar-refractivity contribution in [2.24, 2.45) is 0 Å². The fourth-order valence-corrected chi connectivity index (χ4v) is 4.24. The van der Waals surface area contributed by atoms with Crippen LogP contribution < -0.4 is 0 Å². The van der Waals surface area contributed by atoms with Crippen molar-refractivity contribution in [3.8, 4) is 0 Å². The number of unbranched alkanes of at least 4 members (excludes halogenated alkanes) is 22. The minimum absolute atomic E-state index is 0.478. The Morgan fingerprint density at radius 1 is 0.375 bits per heavy atom. The highest BCUT2D eigenvalue weighted by atomic mass is 16.7. The fourth-order valence-electron chi connectivity index (χ4n) is 4.24. The maximum Gasteiger partial charge on any atom is 0.508 e. The zero-order chi connectivity index (χ0) is 23.4. The van der Waals surface area contributed by atoms with Crippen molar-refractivity contribution in [1.82, 2.24) is 0 Å². The van der Waals surface area contributed by atoms with Crippen molar-refractivity contribution in [1.29, 1.82) is 0 Å². The van der Waals surface area contributed by atoms with Gasteiger partial charge in [-0.3, -0.25) is 0 Å². The van der Waals surface area contributed by atoms with Gasteiger partial charge in [0.2, 0.25) is 0 Å². The van der Waals surface area contributed by atoms with E-state index in [0.29, 0.717) is 13.2 Å². The third-order valence-electron chi connectivity index (χ3n) is 6.44. The van der Waals surface area contributed by atoms with Crippen LogP contribution >= 0.6 is 0 Å². The zero-order valence-corrected chi connectivity index (χ0v) is 22.1. The quantitative estimate of drug-likeness (QED) is 0.0962. The Morgan fingerprint density at radius 2 is 0.594 bits per heavy atom. The Hall–Kier alpha value is -0.730. The summed E-state index contributed by atoms with van der Waals surface area (Å²) in [5.74, 6) is 0. The van der Waals surface area contributed by atoms with Crippen LogP contribution in [-0.4, -0.2) is 19.4 Å². The summed E-state index contributed by atoms with van der Waals surface area (Å²) >= 11 is 0. The van der Waals surface area contributed by atoms with Crippen molar-refractivity contribution >= 4 is 6.16 Å². The molecule has 0 aromatic rings. The molecule has 3 nitrogen and oxygen atoms in total. The van der Waals surface area contributed by atoms with Gasteiger partial charge in [0.25, 0.3) is 0 Å². The topological polar surface area (TPSA) is 35.5 Å². The first-order valence-corrected chi connectivity index (χ1v) is 14.6. The molecule has 0 bridgehead atoms. The third-order valence-corrected chi connectivity index (χ3v) is 6.44. The maximum absolute atomic E-state index is 11.6. The lowest BCUT2D eigenvalue weighted by Crippen LogP contribution is -2.09. The van der Waals surface area contributed by atoms with E-state index >= 15 is 0 Å². The van der Waals surface area contributed by atoms with Gasteiger partial charge in [0.1, 0.15) is 0 Å². The molecule has 0 aliphatic heterocycles. The van der Waals surface area contributed by atoms with Gasteiger partial charge in [-0.25, -0.2) is 4.79 Å². The zero-order valence-electron chi connectivity index (χ0n) is 22.1. The molecule has 0 amide bonds.